The highest BCUT2D eigenvalue weighted by molar-refractivity contribution is 6.33. The summed E-state index contributed by atoms with van der Waals surface area (Å²) in [7, 11) is 0. The normalized spacial score (nSPS) is 26.3. The molecule has 0 bridgehead atoms. The SMILES string of the molecule is Nc1cc(C(=O)N2CCCC3CCCC32)c(Cl)cn1. The van der Waals surface area contributed by atoms with Crippen molar-refractivity contribution in [1.29, 1.82) is 0 Å². The van der Waals surface area contributed by atoms with Crippen LogP contribution < -0.4 is 5.73 Å². The van der Waals surface area contributed by atoms with E-state index in [1.54, 1.807) is 6.07 Å². The molecule has 2 fully saturated rings. The van der Waals surface area contributed by atoms with Crippen molar-refractivity contribution in [2.45, 2.75) is 38.1 Å². The van der Waals surface area contributed by atoms with Crippen LogP contribution >= 0.6 is 11.6 Å². The van der Waals surface area contributed by atoms with E-state index in [1.807, 2.05) is 4.90 Å². The van der Waals surface area contributed by atoms with Crippen molar-refractivity contribution in [1.82, 2.24) is 9.88 Å². The summed E-state index contributed by atoms with van der Waals surface area (Å²) in [6.45, 7) is 0.832. The molecule has 2 aliphatic rings. The number of amides is 1. The fourth-order valence-electron chi connectivity index (χ4n) is 3.48. The van der Waals surface area contributed by atoms with Crippen LogP contribution in [0.4, 0.5) is 5.82 Å². The van der Waals surface area contributed by atoms with Crippen LogP contribution in [0.25, 0.3) is 0 Å². The number of nitrogens with zero attached hydrogens (tertiary/aromatic N) is 2. The van der Waals surface area contributed by atoms with E-state index in [-0.39, 0.29) is 5.91 Å². The lowest BCUT2D eigenvalue weighted by atomic mass is 9.91. The lowest BCUT2D eigenvalue weighted by Crippen LogP contribution is -2.46. The molecular weight excluding hydrogens is 262 g/mol. The van der Waals surface area contributed by atoms with Crippen LogP contribution in [0.3, 0.4) is 0 Å². The number of aromatic nitrogens is 1. The molecule has 1 aromatic rings. The Morgan fingerprint density at radius 2 is 2.16 bits per heavy atom. The van der Waals surface area contributed by atoms with Gasteiger partial charge in [-0.05, 0) is 37.7 Å². The maximum Gasteiger partial charge on any atom is 0.255 e. The molecular formula is C14H18ClN3O. The maximum absolute atomic E-state index is 12.7. The first kappa shape index (κ1) is 12.7. The van der Waals surface area contributed by atoms with E-state index in [4.69, 9.17) is 17.3 Å². The molecule has 5 heteroatoms. The average Bonchev–Trinajstić information content (AvgIpc) is 2.89. The van der Waals surface area contributed by atoms with Crippen molar-refractivity contribution in [2.24, 2.45) is 5.92 Å². The van der Waals surface area contributed by atoms with Crippen LogP contribution in [0.2, 0.25) is 5.02 Å². The zero-order valence-electron chi connectivity index (χ0n) is 10.8. The lowest BCUT2D eigenvalue weighted by molar-refractivity contribution is 0.0548. The van der Waals surface area contributed by atoms with Gasteiger partial charge in [-0.2, -0.15) is 0 Å². The topological polar surface area (TPSA) is 59.2 Å². The van der Waals surface area contributed by atoms with Gasteiger partial charge in [0.05, 0.1) is 10.6 Å². The minimum absolute atomic E-state index is 0.00991. The number of anilines is 1. The van der Waals surface area contributed by atoms with Crippen molar-refractivity contribution >= 4 is 23.3 Å². The van der Waals surface area contributed by atoms with Gasteiger partial charge in [0.2, 0.25) is 0 Å². The Kier molecular flexibility index (Phi) is 3.35. The van der Waals surface area contributed by atoms with Crippen LogP contribution in [0.5, 0.6) is 0 Å². The summed E-state index contributed by atoms with van der Waals surface area (Å²) < 4.78 is 0. The quantitative estimate of drug-likeness (QED) is 0.860. The van der Waals surface area contributed by atoms with Crippen LogP contribution in [-0.4, -0.2) is 28.4 Å². The Morgan fingerprint density at radius 1 is 1.37 bits per heavy atom. The number of pyridine rings is 1. The smallest absolute Gasteiger partial charge is 0.255 e. The van der Waals surface area contributed by atoms with Crippen molar-refractivity contribution in [3.63, 3.8) is 0 Å². The molecule has 2 atom stereocenters. The number of carbonyl (C=O) groups excluding carboxylic acids is 1. The number of halogens is 1. The summed E-state index contributed by atoms with van der Waals surface area (Å²) in [6.07, 6.45) is 7.40. The molecule has 2 unspecified atom stereocenters. The summed E-state index contributed by atoms with van der Waals surface area (Å²) in [6, 6.07) is 1.98. The Balaban J connectivity index is 1.88. The standard InChI is InChI=1S/C14H18ClN3O/c15-11-8-17-13(16)7-10(11)14(19)18-6-2-4-9-3-1-5-12(9)18/h7-9,12H,1-6H2,(H2,16,17). The number of hydrogen-bond donors (Lipinski definition) is 1. The van der Waals surface area contributed by atoms with Crippen molar-refractivity contribution < 1.29 is 4.79 Å². The van der Waals surface area contributed by atoms with Crippen LogP contribution in [0, 0.1) is 5.92 Å². The molecule has 0 radical (unpaired) electrons. The molecule has 2 heterocycles. The van der Waals surface area contributed by atoms with Crippen molar-refractivity contribution in [3.05, 3.63) is 22.8 Å². The number of nitrogens with two attached hydrogens (primary N) is 1. The minimum Gasteiger partial charge on any atom is -0.384 e. The largest absolute Gasteiger partial charge is 0.384 e. The van der Waals surface area contributed by atoms with E-state index in [1.165, 1.54) is 25.5 Å². The fourth-order valence-corrected chi connectivity index (χ4v) is 3.66. The fraction of sp³-hybridized carbons (Fsp3) is 0.571. The highest BCUT2D eigenvalue weighted by Crippen LogP contribution is 2.37. The third-order valence-electron chi connectivity index (χ3n) is 4.36. The molecule has 1 amide bonds. The van der Waals surface area contributed by atoms with Gasteiger partial charge in [0.1, 0.15) is 5.82 Å². The Bertz CT molecular complexity index is 505. The van der Waals surface area contributed by atoms with E-state index in [2.05, 4.69) is 4.98 Å². The third kappa shape index (κ3) is 2.29. The number of piperidine rings is 1. The van der Waals surface area contributed by atoms with E-state index in [0.29, 0.717) is 28.4 Å². The predicted octanol–water partition coefficient (Wildman–Crippen LogP) is 2.72. The van der Waals surface area contributed by atoms with Gasteiger partial charge in [0.15, 0.2) is 0 Å². The molecule has 1 aliphatic heterocycles. The van der Waals surface area contributed by atoms with E-state index >= 15 is 0 Å². The minimum atomic E-state index is 0.00991. The second-order valence-electron chi connectivity index (χ2n) is 5.49. The number of likely N-dealkylation sites (tertiary alicyclic amines) is 1. The van der Waals surface area contributed by atoms with Gasteiger partial charge in [-0.3, -0.25) is 4.79 Å². The molecule has 2 N–H and O–H groups in total. The van der Waals surface area contributed by atoms with Gasteiger partial charge in [0, 0.05) is 18.8 Å². The molecule has 0 spiro atoms. The van der Waals surface area contributed by atoms with Gasteiger partial charge in [-0.25, -0.2) is 4.98 Å². The third-order valence-corrected chi connectivity index (χ3v) is 4.66. The van der Waals surface area contributed by atoms with Gasteiger partial charge in [-0.1, -0.05) is 18.0 Å². The lowest BCUT2D eigenvalue weighted by Gasteiger charge is -2.38. The molecule has 19 heavy (non-hydrogen) atoms. The Morgan fingerprint density at radius 3 is 3.00 bits per heavy atom. The molecule has 1 saturated carbocycles. The zero-order chi connectivity index (χ0) is 13.4. The summed E-state index contributed by atoms with van der Waals surface area (Å²) in [5, 5.41) is 0.388. The first-order valence-corrected chi connectivity index (χ1v) is 7.26. The highest BCUT2D eigenvalue weighted by atomic mass is 35.5. The molecule has 0 aromatic carbocycles. The maximum atomic E-state index is 12.7. The molecule has 102 valence electrons. The van der Waals surface area contributed by atoms with E-state index < -0.39 is 0 Å². The average molecular weight is 280 g/mol. The van der Waals surface area contributed by atoms with Gasteiger partial charge in [0.25, 0.3) is 5.91 Å². The van der Waals surface area contributed by atoms with E-state index in [0.717, 1.165) is 19.4 Å². The van der Waals surface area contributed by atoms with Gasteiger partial charge < -0.3 is 10.6 Å². The molecule has 3 rings (SSSR count). The monoisotopic (exact) mass is 279 g/mol. The highest BCUT2D eigenvalue weighted by Gasteiger charge is 2.37. The number of hydrogen-bond acceptors (Lipinski definition) is 3. The van der Waals surface area contributed by atoms with Gasteiger partial charge in [-0.15, -0.1) is 0 Å². The van der Waals surface area contributed by atoms with E-state index in [9.17, 15) is 4.79 Å². The second kappa shape index (κ2) is 5.00. The van der Waals surface area contributed by atoms with Crippen molar-refractivity contribution in [3.8, 4) is 0 Å². The summed E-state index contributed by atoms with van der Waals surface area (Å²) >= 11 is 6.09. The van der Waals surface area contributed by atoms with Crippen LogP contribution in [0.1, 0.15) is 42.5 Å². The summed E-state index contributed by atoms with van der Waals surface area (Å²) in [4.78, 5) is 18.6. The first-order valence-electron chi connectivity index (χ1n) is 6.89. The van der Waals surface area contributed by atoms with Gasteiger partial charge >= 0.3 is 0 Å². The first-order chi connectivity index (χ1) is 9.16. The molecule has 4 nitrogen and oxygen atoms in total. The number of nitrogen functional groups attached to an aromatic ring is 1. The molecule has 1 saturated heterocycles. The predicted molar refractivity (Wildman–Crippen MR) is 75.1 cm³/mol. The second-order valence-corrected chi connectivity index (χ2v) is 5.90. The number of rotatable bonds is 1. The zero-order valence-corrected chi connectivity index (χ0v) is 11.6. The molecule has 1 aliphatic carbocycles. The Labute approximate surface area is 117 Å². The summed E-state index contributed by atoms with van der Waals surface area (Å²) in [5.74, 6) is 1.03. The number of fused-ring (bicyclic) bond motifs is 1. The molecule has 1 aromatic heterocycles. The van der Waals surface area contributed by atoms with Crippen LogP contribution in [-0.2, 0) is 0 Å². The Hall–Kier alpha value is -1.29. The number of carbonyl (C=O) groups is 1. The summed E-state index contributed by atoms with van der Waals surface area (Å²) in [5.41, 5.74) is 6.15. The van der Waals surface area contributed by atoms with Crippen LogP contribution in [0.15, 0.2) is 12.3 Å². The van der Waals surface area contributed by atoms with Crippen molar-refractivity contribution in [2.75, 3.05) is 12.3 Å².